The van der Waals surface area contributed by atoms with E-state index >= 15 is 0 Å². The van der Waals surface area contributed by atoms with Gasteiger partial charge in [-0.3, -0.25) is 0 Å². The summed E-state index contributed by atoms with van der Waals surface area (Å²) in [4.78, 5) is 0. The molecule has 0 saturated heterocycles. The second-order valence-corrected chi connectivity index (χ2v) is 6.86. The van der Waals surface area contributed by atoms with Crippen molar-refractivity contribution in [2.24, 2.45) is 0 Å². The van der Waals surface area contributed by atoms with E-state index in [0.717, 1.165) is 48.6 Å². The highest BCUT2D eigenvalue weighted by Gasteiger charge is 2.37. The Labute approximate surface area is 145 Å². The predicted octanol–water partition coefficient (Wildman–Crippen LogP) is 6.23. The Balaban J connectivity index is 1.85. The van der Waals surface area contributed by atoms with Gasteiger partial charge in [-0.05, 0) is 61.1 Å². The number of para-hydroxylation sites is 1. The zero-order valence-corrected chi connectivity index (χ0v) is 13.8. The van der Waals surface area contributed by atoms with Crippen LogP contribution < -0.4 is 4.74 Å². The molecule has 0 aromatic heterocycles. The van der Waals surface area contributed by atoms with Gasteiger partial charge in [0.1, 0.15) is 11.4 Å². The molecular formula is C21H19F3O. The lowest BCUT2D eigenvalue weighted by molar-refractivity contribution is -0.137. The number of hydrogen-bond acceptors (Lipinski definition) is 1. The summed E-state index contributed by atoms with van der Waals surface area (Å²) in [7, 11) is 0. The molecule has 0 N–H and O–H groups in total. The fourth-order valence-electron chi connectivity index (χ4n) is 3.87. The quantitative estimate of drug-likeness (QED) is 0.595. The maximum Gasteiger partial charge on any atom is 0.416 e. The Morgan fingerprint density at radius 1 is 0.880 bits per heavy atom. The largest absolute Gasteiger partial charge is 0.483 e. The molecule has 1 heterocycles. The standard InChI is InChI=1S/C21H19F3O/c22-21(23,24)16-8-6-7-15(13-16)18-14-20(11-4-1-5-12-20)25-19-10-3-2-9-17(18)19/h2-3,6-10,13-14H,1,4-5,11-12H2. The first-order chi connectivity index (χ1) is 12.0. The van der Waals surface area contributed by atoms with E-state index in [4.69, 9.17) is 4.74 Å². The maximum absolute atomic E-state index is 13.1. The van der Waals surface area contributed by atoms with Crippen LogP contribution in [0.1, 0.15) is 48.8 Å². The summed E-state index contributed by atoms with van der Waals surface area (Å²) in [6.45, 7) is 0. The molecule has 2 aliphatic rings. The van der Waals surface area contributed by atoms with Crippen LogP contribution in [0.3, 0.4) is 0 Å². The number of alkyl halides is 3. The van der Waals surface area contributed by atoms with Gasteiger partial charge in [-0.25, -0.2) is 0 Å². The van der Waals surface area contributed by atoms with E-state index in [1.807, 2.05) is 24.3 Å². The van der Waals surface area contributed by atoms with Crippen molar-refractivity contribution in [3.63, 3.8) is 0 Å². The second kappa shape index (κ2) is 5.94. The Hall–Kier alpha value is -2.23. The number of halogens is 3. The van der Waals surface area contributed by atoms with Crippen LogP contribution in [0.5, 0.6) is 5.75 Å². The fraction of sp³-hybridized carbons (Fsp3) is 0.333. The first-order valence-electron chi connectivity index (χ1n) is 8.66. The minimum atomic E-state index is -4.34. The molecule has 4 heteroatoms. The molecule has 0 amide bonds. The van der Waals surface area contributed by atoms with Gasteiger partial charge in [-0.1, -0.05) is 36.8 Å². The SMILES string of the molecule is FC(F)(F)c1cccc(C2=CC3(CCCCC3)Oc3ccccc32)c1. The predicted molar refractivity (Wildman–Crippen MR) is 91.4 cm³/mol. The molecule has 130 valence electrons. The van der Waals surface area contributed by atoms with Gasteiger partial charge >= 0.3 is 6.18 Å². The van der Waals surface area contributed by atoms with Crippen LogP contribution in [-0.2, 0) is 6.18 Å². The lowest BCUT2D eigenvalue weighted by Crippen LogP contribution is -2.38. The van der Waals surface area contributed by atoms with E-state index in [1.165, 1.54) is 18.6 Å². The Morgan fingerprint density at radius 2 is 1.64 bits per heavy atom. The van der Waals surface area contributed by atoms with Gasteiger partial charge in [-0.15, -0.1) is 0 Å². The maximum atomic E-state index is 13.1. The average molecular weight is 344 g/mol. The highest BCUT2D eigenvalue weighted by Crippen LogP contribution is 2.45. The zero-order chi connectivity index (χ0) is 17.5. The molecule has 1 fully saturated rings. The van der Waals surface area contributed by atoms with Gasteiger partial charge < -0.3 is 4.74 Å². The third-order valence-corrected chi connectivity index (χ3v) is 5.10. The monoisotopic (exact) mass is 344 g/mol. The first-order valence-corrected chi connectivity index (χ1v) is 8.66. The van der Waals surface area contributed by atoms with E-state index < -0.39 is 17.3 Å². The summed E-state index contributed by atoms with van der Waals surface area (Å²) in [5, 5.41) is 0. The number of hydrogen-bond donors (Lipinski definition) is 0. The van der Waals surface area contributed by atoms with Crippen LogP contribution >= 0.6 is 0 Å². The van der Waals surface area contributed by atoms with Gasteiger partial charge in [0.2, 0.25) is 0 Å². The molecule has 0 radical (unpaired) electrons. The Bertz CT molecular complexity index is 814. The van der Waals surface area contributed by atoms with Gasteiger partial charge in [0.05, 0.1) is 5.56 Å². The van der Waals surface area contributed by atoms with Crippen molar-refractivity contribution < 1.29 is 17.9 Å². The molecule has 1 spiro atoms. The molecule has 1 nitrogen and oxygen atoms in total. The minimum Gasteiger partial charge on any atom is -0.483 e. The smallest absolute Gasteiger partial charge is 0.416 e. The van der Waals surface area contributed by atoms with E-state index in [-0.39, 0.29) is 0 Å². The van der Waals surface area contributed by atoms with Gasteiger partial charge in [0, 0.05) is 5.56 Å². The molecular weight excluding hydrogens is 325 g/mol. The lowest BCUT2D eigenvalue weighted by Gasteiger charge is -2.39. The molecule has 1 aliphatic carbocycles. The van der Waals surface area contributed by atoms with Crippen molar-refractivity contribution in [1.29, 1.82) is 0 Å². The molecule has 4 rings (SSSR count). The van der Waals surface area contributed by atoms with E-state index in [2.05, 4.69) is 6.08 Å². The number of fused-ring (bicyclic) bond motifs is 1. The normalized spacial score (nSPS) is 19.1. The third kappa shape index (κ3) is 3.06. The summed E-state index contributed by atoms with van der Waals surface area (Å²) in [6, 6.07) is 13.2. The second-order valence-electron chi connectivity index (χ2n) is 6.86. The minimum absolute atomic E-state index is 0.393. The van der Waals surface area contributed by atoms with Crippen molar-refractivity contribution in [3.8, 4) is 5.75 Å². The van der Waals surface area contributed by atoms with Crippen molar-refractivity contribution in [3.05, 3.63) is 71.3 Å². The molecule has 1 saturated carbocycles. The van der Waals surface area contributed by atoms with Crippen LogP contribution in [0.25, 0.3) is 5.57 Å². The third-order valence-electron chi connectivity index (χ3n) is 5.10. The van der Waals surface area contributed by atoms with E-state index in [9.17, 15) is 13.2 Å². The molecule has 1 aliphatic heterocycles. The summed E-state index contributed by atoms with van der Waals surface area (Å²) in [5.41, 5.74) is 1.28. The molecule has 0 unspecified atom stereocenters. The average Bonchev–Trinajstić information content (AvgIpc) is 2.61. The van der Waals surface area contributed by atoms with Gasteiger partial charge in [0.15, 0.2) is 0 Å². The Kier molecular flexibility index (Phi) is 3.86. The van der Waals surface area contributed by atoms with Crippen LogP contribution in [0.2, 0.25) is 0 Å². The van der Waals surface area contributed by atoms with E-state index in [1.54, 1.807) is 6.07 Å². The van der Waals surface area contributed by atoms with Crippen LogP contribution in [0, 0.1) is 0 Å². The molecule has 25 heavy (non-hydrogen) atoms. The number of rotatable bonds is 1. The van der Waals surface area contributed by atoms with Crippen molar-refractivity contribution in [1.82, 2.24) is 0 Å². The molecule has 2 aromatic rings. The summed E-state index contributed by atoms with van der Waals surface area (Å²) in [6.07, 6.45) is 2.86. The number of ether oxygens (including phenoxy) is 1. The molecule has 2 aromatic carbocycles. The van der Waals surface area contributed by atoms with Crippen LogP contribution in [-0.4, -0.2) is 5.60 Å². The van der Waals surface area contributed by atoms with Gasteiger partial charge in [0.25, 0.3) is 0 Å². The highest BCUT2D eigenvalue weighted by atomic mass is 19.4. The van der Waals surface area contributed by atoms with E-state index in [0.29, 0.717) is 5.56 Å². The summed E-state index contributed by atoms with van der Waals surface area (Å²) in [5.74, 6) is 0.763. The van der Waals surface area contributed by atoms with Crippen molar-refractivity contribution >= 4 is 5.57 Å². The summed E-state index contributed by atoms with van der Waals surface area (Å²) < 4.78 is 45.7. The number of benzene rings is 2. The molecule has 0 atom stereocenters. The zero-order valence-electron chi connectivity index (χ0n) is 13.8. The Morgan fingerprint density at radius 3 is 2.40 bits per heavy atom. The van der Waals surface area contributed by atoms with Crippen LogP contribution in [0.15, 0.2) is 54.6 Å². The highest BCUT2D eigenvalue weighted by molar-refractivity contribution is 5.85. The van der Waals surface area contributed by atoms with Gasteiger partial charge in [-0.2, -0.15) is 13.2 Å². The first kappa shape index (κ1) is 16.2. The lowest BCUT2D eigenvalue weighted by atomic mass is 9.79. The fourth-order valence-corrected chi connectivity index (χ4v) is 3.87. The van der Waals surface area contributed by atoms with Crippen molar-refractivity contribution in [2.75, 3.05) is 0 Å². The summed E-state index contributed by atoms with van der Waals surface area (Å²) >= 11 is 0. The van der Waals surface area contributed by atoms with Crippen LogP contribution in [0.4, 0.5) is 13.2 Å². The molecule has 0 bridgehead atoms. The van der Waals surface area contributed by atoms with Crippen molar-refractivity contribution in [2.45, 2.75) is 43.9 Å². The topological polar surface area (TPSA) is 9.23 Å².